The third-order valence-corrected chi connectivity index (χ3v) is 11.8. The molecule has 3 aliphatic rings. The highest BCUT2D eigenvalue weighted by Crippen LogP contribution is 2.38. The molecule has 0 aliphatic carbocycles. The molecule has 0 bridgehead atoms. The molecular formula is C53H65NO27. The highest BCUT2D eigenvalue weighted by Gasteiger charge is 2.60. The lowest BCUT2D eigenvalue weighted by atomic mass is 9.94. The van der Waals surface area contributed by atoms with Crippen molar-refractivity contribution < 1.29 is 129 Å². The summed E-state index contributed by atoms with van der Waals surface area (Å²) in [5.74, 6) is -9.81. The van der Waals surface area contributed by atoms with E-state index in [-0.39, 0.29) is 18.8 Å². The Morgan fingerprint density at radius 2 is 0.778 bits per heavy atom. The van der Waals surface area contributed by atoms with Gasteiger partial charge in [0.2, 0.25) is 5.91 Å². The third kappa shape index (κ3) is 19.6. The molecule has 5 rings (SSSR count). The zero-order chi connectivity index (χ0) is 59.7. The van der Waals surface area contributed by atoms with E-state index in [0.717, 1.165) is 62.3 Å². The Labute approximate surface area is 464 Å². The van der Waals surface area contributed by atoms with Crippen LogP contribution in [0.1, 0.15) is 90.7 Å². The molecule has 0 aromatic heterocycles. The SMILES string of the molecule is CC(=O)N[C@H]1[C@H](O[C@H]2[C@@H](O[C@@H]3O[C@H](COC(C)=O)[C@@H](OC(C)=O)[C@H](OC(C)=O)[C@H]3OC(C)=O)[C@@H](COC(C)=O)O[C@@H](OCc3ccc(COC(C)=O)cc3)[C@@H]2OC(=O)c2ccccc2)O[C@H](COC(C)=O)[C@@H](OC(C)=O)[C@@H]1OC(C)=O. The van der Waals surface area contributed by atoms with E-state index in [0.29, 0.717) is 11.1 Å². The van der Waals surface area contributed by atoms with Crippen molar-refractivity contribution in [3.8, 4) is 0 Å². The molecular weight excluding hydrogens is 1080 g/mol. The number of hydrogen-bond donors (Lipinski definition) is 1. The van der Waals surface area contributed by atoms with Crippen molar-refractivity contribution in [1.29, 1.82) is 0 Å². The van der Waals surface area contributed by atoms with Crippen molar-refractivity contribution in [1.82, 2.24) is 5.32 Å². The first-order valence-electron chi connectivity index (χ1n) is 25.2. The number of nitrogens with one attached hydrogen (secondary N) is 1. The number of hydrogen-bond acceptors (Lipinski definition) is 27. The van der Waals surface area contributed by atoms with Gasteiger partial charge in [0.15, 0.2) is 55.5 Å². The van der Waals surface area contributed by atoms with Crippen LogP contribution in [0.5, 0.6) is 0 Å². The average molecular weight is 1150 g/mol. The second-order valence-electron chi connectivity index (χ2n) is 18.5. The molecule has 2 aromatic carbocycles. The van der Waals surface area contributed by atoms with E-state index in [1.807, 2.05) is 0 Å². The molecule has 0 unspecified atom stereocenters. The smallest absolute Gasteiger partial charge is 0.338 e. The van der Waals surface area contributed by atoms with Crippen LogP contribution in [0.4, 0.5) is 0 Å². The minimum Gasteiger partial charge on any atom is -0.463 e. The van der Waals surface area contributed by atoms with Gasteiger partial charge in [0.1, 0.15) is 63.0 Å². The van der Waals surface area contributed by atoms with Gasteiger partial charge >= 0.3 is 59.7 Å². The number of amides is 1. The fourth-order valence-electron chi connectivity index (χ4n) is 8.67. The summed E-state index contributed by atoms with van der Waals surface area (Å²) in [6, 6.07) is 12.3. The zero-order valence-corrected chi connectivity index (χ0v) is 45.9. The van der Waals surface area contributed by atoms with Gasteiger partial charge in [-0.3, -0.25) is 47.9 Å². The standard InChI is InChI=1S/C53H65NO27/c1-25(55)54-41-45(73-32(8)62)42(71-30(6)60)38(22-67-27(3)57)76-51(41)81-47-44(80-53-49(75-34(10)64)46(74-33(9)63)43(72-31(7)61)39(78-53)23-68-28(4)58)40(24-69-29(5)59)77-52(48(47)79-50(65)37-14-12-11-13-15-37)70-21-36-18-16-35(17-19-36)20-66-26(2)56/h11-19,38-49,51-53H,20-24H2,1-10H3,(H,54,55)/t38-,39-,40-,41-,42-,43-,44+,45-,46+,47+,48-,49-,51+,52-,53+/m1/s1. The van der Waals surface area contributed by atoms with Gasteiger partial charge in [0.25, 0.3) is 0 Å². The maximum Gasteiger partial charge on any atom is 0.338 e. The van der Waals surface area contributed by atoms with Crippen LogP contribution in [-0.2, 0) is 137 Å². The Bertz CT molecular complexity index is 2560. The molecule has 0 spiro atoms. The quantitative estimate of drug-likeness (QED) is 0.121. The Morgan fingerprint density at radius 3 is 1.26 bits per heavy atom. The number of rotatable bonds is 23. The summed E-state index contributed by atoms with van der Waals surface area (Å²) < 4.78 is 95.0. The summed E-state index contributed by atoms with van der Waals surface area (Å²) in [4.78, 5) is 141. The summed E-state index contributed by atoms with van der Waals surface area (Å²) >= 11 is 0. The first kappa shape index (κ1) is 64.2. The molecule has 3 fully saturated rings. The minimum atomic E-state index is -2.06. The predicted molar refractivity (Wildman–Crippen MR) is 263 cm³/mol. The van der Waals surface area contributed by atoms with Gasteiger partial charge in [0, 0.05) is 69.2 Å². The van der Waals surface area contributed by atoms with Gasteiger partial charge < -0.3 is 81.1 Å². The van der Waals surface area contributed by atoms with E-state index >= 15 is 0 Å². The minimum absolute atomic E-state index is 0.0388. The van der Waals surface area contributed by atoms with Crippen LogP contribution >= 0.6 is 0 Å². The van der Waals surface area contributed by atoms with Crippen molar-refractivity contribution in [3.63, 3.8) is 0 Å². The molecule has 3 heterocycles. The number of benzene rings is 2. The number of ether oxygens (including phenoxy) is 16. The second kappa shape index (κ2) is 30.3. The molecule has 15 atom stereocenters. The molecule has 0 radical (unpaired) electrons. The highest BCUT2D eigenvalue weighted by atomic mass is 16.8. The zero-order valence-electron chi connectivity index (χ0n) is 45.9. The topological polar surface area (TPSA) is 347 Å². The molecule has 81 heavy (non-hydrogen) atoms. The van der Waals surface area contributed by atoms with Gasteiger partial charge in [-0.2, -0.15) is 0 Å². The molecule has 1 N–H and O–H groups in total. The fourth-order valence-corrected chi connectivity index (χ4v) is 8.67. The van der Waals surface area contributed by atoms with E-state index < -0.39 is 177 Å². The summed E-state index contributed by atoms with van der Waals surface area (Å²) in [5.41, 5.74) is 1.03. The van der Waals surface area contributed by atoms with Crippen LogP contribution < -0.4 is 5.32 Å². The monoisotopic (exact) mass is 1150 g/mol. The lowest BCUT2D eigenvalue weighted by Crippen LogP contribution is -2.70. The first-order chi connectivity index (χ1) is 38.3. The van der Waals surface area contributed by atoms with Crippen molar-refractivity contribution in [2.75, 3.05) is 19.8 Å². The highest BCUT2D eigenvalue weighted by molar-refractivity contribution is 5.89. The first-order valence-corrected chi connectivity index (χ1v) is 25.2. The fraction of sp³-hybridized carbons (Fsp3) is 0.566. The van der Waals surface area contributed by atoms with Crippen LogP contribution in [0.25, 0.3) is 0 Å². The van der Waals surface area contributed by atoms with Gasteiger partial charge in [-0.05, 0) is 23.3 Å². The van der Waals surface area contributed by atoms with Gasteiger partial charge in [-0.25, -0.2) is 4.79 Å². The molecule has 28 heteroatoms. The summed E-state index contributed by atoms with van der Waals surface area (Å²) in [5, 5.41) is 2.59. The molecule has 2 aromatic rings. The maximum atomic E-state index is 14.5. The molecule has 28 nitrogen and oxygen atoms in total. The van der Waals surface area contributed by atoms with Crippen molar-refractivity contribution in [2.24, 2.45) is 0 Å². The Hall–Kier alpha value is -7.63. The maximum absolute atomic E-state index is 14.5. The Balaban J connectivity index is 1.80. The third-order valence-electron chi connectivity index (χ3n) is 11.8. The number of carbonyl (C=O) groups is 11. The second-order valence-corrected chi connectivity index (χ2v) is 18.5. The Morgan fingerprint density at radius 1 is 0.383 bits per heavy atom. The largest absolute Gasteiger partial charge is 0.463 e. The van der Waals surface area contributed by atoms with E-state index in [1.165, 1.54) is 31.2 Å². The van der Waals surface area contributed by atoms with Crippen molar-refractivity contribution >= 4 is 65.6 Å². The van der Waals surface area contributed by atoms with E-state index in [2.05, 4.69) is 5.32 Å². The molecule has 0 saturated carbocycles. The van der Waals surface area contributed by atoms with E-state index in [1.54, 1.807) is 30.3 Å². The van der Waals surface area contributed by atoms with Crippen molar-refractivity contribution in [3.05, 3.63) is 71.3 Å². The van der Waals surface area contributed by atoms with Crippen molar-refractivity contribution in [2.45, 2.75) is 175 Å². The van der Waals surface area contributed by atoms with Crippen LogP contribution in [0.2, 0.25) is 0 Å². The summed E-state index contributed by atoms with van der Waals surface area (Å²) in [7, 11) is 0. The van der Waals surface area contributed by atoms with Gasteiger partial charge in [-0.1, -0.05) is 42.5 Å². The number of esters is 10. The lowest BCUT2D eigenvalue weighted by Gasteiger charge is -2.51. The van der Waals surface area contributed by atoms with Crippen LogP contribution in [-0.4, -0.2) is 177 Å². The van der Waals surface area contributed by atoms with E-state index in [9.17, 15) is 52.7 Å². The average Bonchev–Trinajstić information content (AvgIpc) is 3.56. The van der Waals surface area contributed by atoms with Crippen LogP contribution in [0.15, 0.2) is 54.6 Å². The number of carbonyl (C=O) groups excluding carboxylic acids is 11. The molecule has 3 saturated heterocycles. The molecule has 3 aliphatic heterocycles. The van der Waals surface area contributed by atoms with Gasteiger partial charge in [-0.15, -0.1) is 0 Å². The normalized spacial score (nSPS) is 27.8. The van der Waals surface area contributed by atoms with Crippen LogP contribution in [0, 0.1) is 0 Å². The molecule has 1 amide bonds. The van der Waals surface area contributed by atoms with E-state index in [4.69, 9.17) is 75.8 Å². The predicted octanol–water partition coefficient (Wildman–Crippen LogP) is 1.29. The molecule has 444 valence electrons. The summed E-state index contributed by atoms with van der Waals surface area (Å²) in [6.45, 7) is 7.90. The van der Waals surface area contributed by atoms with Crippen LogP contribution in [0.3, 0.4) is 0 Å². The summed E-state index contributed by atoms with van der Waals surface area (Å²) in [6.07, 6.45) is -25.4. The Kier molecular flexibility index (Phi) is 24.0. The van der Waals surface area contributed by atoms with Gasteiger partial charge in [0.05, 0.1) is 12.2 Å². The lowest BCUT2D eigenvalue weighted by molar-refractivity contribution is -0.381.